The number of hydrogen-bond acceptors (Lipinski definition) is 4. The highest BCUT2D eigenvalue weighted by molar-refractivity contribution is 5.34. The number of nitriles is 1. The quantitative estimate of drug-likeness (QED) is 0.720. The van der Waals surface area contributed by atoms with Gasteiger partial charge in [-0.25, -0.2) is 0 Å². The molecule has 132 valence electrons. The van der Waals surface area contributed by atoms with E-state index in [1.807, 2.05) is 42.5 Å². The van der Waals surface area contributed by atoms with Crippen molar-refractivity contribution < 1.29 is 4.74 Å². The molecule has 0 unspecified atom stereocenters. The van der Waals surface area contributed by atoms with Crippen LogP contribution in [0, 0.1) is 11.3 Å². The standard InChI is InChI=1S/C21H27N3O/c1-3-24(4-2)13-14-25-21-8-6-5-7-20(21)17-23-16-19-11-9-18(15-22)10-12-19/h5-12,23H,3-4,13-14,16-17H2,1-2H3. The zero-order valence-corrected chi connectivity index (χ0v) is 15.2. The van der Waals surface area contributed by atoms with E-state index >= 15 is 0 Å². The van der Waals surface area contributed by atoms with Crippen LogP contribution >= 0.6 is 0 Å². The number of benzene rings is 2. The van der Waals surface area contributed by atoms with E-state index in [1.54, 1.807) is 0 Å². The molecule has 0 bridgehead atoms. The Hall–Kier alpha value is -2.35. The highest BCUT2D eigenvalue weighted by atomic mass is 16.5. The first-order chi connectivity index (χ1) is 12.3. The largest absolute Gasteiger partial charge is 0.492 e. The van der Waals surface area contributed by atoms with Crippen molar-refractivity contribution in [3.8, 4) is 11.8 Å². The molecule has 0 saturated heterocycles. The molecule has 0 spiro atoms. The van der Waals surface area contributed by atoms with Crippen LogP contribution in [0.25, 0.3) is 0 Å². The first-order valence-electron chi connectivity index (χ1n) is 8.89. The molecule has 1 N–H and O–H groups in total. The van der Waals surface area contributed by atoms with E-state index in [0.29, 0.717) is 12.2 Å². The van der Waals surface area contributed by atoms with Crippen molar-refractivity contribution in [2.24, 2.45) is 0 Å². The molecule has 0 heterocycles. The van der Waals surface area contributed by atoms with E-state index in [0.717, 1.165) is 44.0 Å². The molecule has 0 aliphatic rings. The fourth-order valence-electron chi connectivity index (χ4n) is 2.65. The minimum Gasteiger partial charge on any atom is -0.492 e. The van der Waals surface area contributed by atoms with Gasteiger partial charge in [-0.1, -0.05) is 44.2 Å². The van der Waals surface area contributed by atoms with Gasteiger partial charge in [0.1, 0.15) is 12.4 Å². The Bertz CT molecular complexity index is 672. The van der Waals surface area contributed by atoms with E-state index in [1.165, 1.54) is 5.56 Å². The van der Waals surface area contributed by atoms with Gasteiger partial charge in [-0.15, -0.1) is 0 Å². The molecule has 0 aromatic heterocycles. The number of para-hydroxylation sites is 1. The lowest BCUT2D eigenvalue weighted by Crippen LogP contribution is -2.28. The second-order valence-corrected chi connectivity index (χ2v) is 5.90. The Morgan fingerprint density at radius 1 is 1.00 bits per heavy atom. The van der Waals surface area contributed by atoms with Crippen molar-refractivity contribution >= 4 is 0 Å². The number of nitrogens with one attached hydrogen (secondary N) is 1. The average molecular weight is 337 g/mol. The average Bonchev–Trinajstić information content (AvgIpc) is 2.67. The van der Waals surface area contributed by atoms with Gasteiger partial charge in [0.25, 0.3) is 0 Å². The van der Waals surface area contributed by atoms with Gasteiger partial charge in [0.15, 0.2) is 0 Å². The maximum Gasteiger partial charge on any atom is 0.123 e. The Morgan fingerprint density at radius 3 is 2.40 bits per heavy atom. The molecule has 4 heteroatoms. The van der Waals surface area contributed by atoms with Crippen LogP contribution in [0.5, 0.6) is 5.75 Å². The third-order valence-electron chi connectivity index (χ3n) is 4.26. The van der Waals surface area contributed by atoms with E-state index in [2.05, 4.69) is 36.2 Å². The lowest BCUT2D eigenvalue weighted by atomic mass is 10.1. The van der Waals surface area contributed by atoms with Crippen LogP contribution in [0.2, 0.25) is 0 Å². The van der Waals surface area contributed by atoms with Crippen molar-refractivity contribution in [3.05, 3.63) is 65.2 Å². The normalized spacial score (nSPS) is 10.6. The van der Waals surface area contributed by atoms with Crippen molar-refractivity contribution in [3.63, 3.8) is 0 Å². The molecule has 0 fully saturated rings. The van der Waals surface area contributed by atoms with Crippen LogP contribution < -0.4 is 10.1 Å². The Kier molecular flexibility index (Phi) is 7.97. The van der Waals surface area contributed by atoms with Crippen molar-refractivity contribution in [1.82, 2.24) is 10.2 Å². The highest BCUT2D eigenvalue weighted by Gasteiger charge is 2.04. The van der Waals surface area contributed by atoms with Crippen LogP contribution in [0.15, 0.2) is 48.5 Å². The fraction of sp³-hybridized carbons (Fsp3) is 0.381. The van der Waals surface area contributed by atoms with Gasteiger partial charge < -0.3 is 15.0 Å². The van der Waals surface area contributed by atoms with Crippen LogP contribution in [-0.4, -0.2) is 31.1 Å². The second-order valence-electron chi connectivity index (χ2n) is 5.90. The van der Waals surface area contributed by atoms with Crippen molar-refractivity contribution in [2.45, 2.75) is 26.9 Å². The highest BCUT2D eigenvalue weighted by Crippen LogP contribution is 2.18. The molecule has 0 aliphatic heterocycles. The molecule has 4 nitrogen and oxygen atoms in total. The maximum absolute atomic E-state index is 8.84. The van der Waals surface area contributed by atoms with Gasteiger partial charge in [0, 0.05) is 25.2 Å². The number of hydrogen-bond donors (Lipinski definition) is 1. The minimum absolute atomic E-state index is 0.690. The van der Waals surface area contributed by atoms with Gasteiger partial charge in [0.05, 0.1) is 11.6 Å². The first kappa shape index (κ1) is 19.0. The summed E-state index contributed by atoms with van der Waals surface area (Å²) in [5, 5.41) is 12.3. The topological polar surface area (TPSA) is 48.3 Å². The summed E-state index contributed by atoms with van der Waals surface area (Å²) < 4.78 is 5.99. The van der Waals surface area contributed by atoms with Crippen LogP contribution in [0.3, 0.4) is 0 Å². The zero-order chi connectivity index (χ0) is 17.9. The van der Waals surface area contributed by atoms with Gasteiger partial charge in [-0.05, 0) is 36.9 Å². The monoisotopic (exact) mass is 337 g/mol. The molecule has 0 aliphatic carbocycles. The summed E-state index contributed by atoms with van der Waals surface area (Å²) in [5.41, 5.74) is 3.02. The Labute approximate surface area is 151 Å². The molecule has 0 radical (unpaired) electrons. The number of nitrogens with zero attached hydrogens (tertiary/aromatic N) is 2. The molecular weight excluding hydrogens is 310 g/mol. The van der Waals surface area contributed by atoms with E-state index in [4.69, 9.17) is 10.00 Å². The third-order valence-corrected chi connectivity index (χ3v) is 4.26. The van der Waals surface area contributed by atoms with Gasteiger partial charge in [-0.2, -0.15) is 5.26 Å². The summed E-state index contributed by atoms with van der Waals surface area (Å²) in [5.74, 6) is 0.946. The zero-order valence-electron chi connectivity index (χ0n) is 15.2. The maximum atomic E-state index is 8.84. The Morgan fingerprint density at radius 2 is 1.72 bits per heavy atom. The number of ether oxygens (including phenoxy) is 1. The summed E-state index contributed by atoms with van der Waals surface area (Å²) in [4.78, 5) is 2.35. The number of rotatable bonds is 10. The summed E-state index contributed by atoms with van der Waals surface area (Å²) >= 11 is 0. The summed E-state index contributed by atoms with van der Waals surface area (Å²) in [7, 11) is 0. The van der Waals surface area contributed by atoms with E-state index in [-0.39, 0.29) is 0 Å². The van der Waals surface area contributed by atoms with Gasteiger partial charge in [0.2, 0.25) is 0 Å². The molecule has 0 atom stereocenters. The summed E-state index contributed by atoms with van der Waals surface area (Å²) in [6.07, 6.45) is 0. The fourth-order valence-corrected chi connectivity index (χ4v) is 2.65. The van der Waals surface area contributed by atoms with E-state index in [9.17, 15) is 0 Å². The predicted molar refractivity (Wildman–Crippen MR) is 101 cm³/mol. The van der Waals surface area contributed by atoms with Crippen LogP contribution in [0.1, 0.15) is 30.5 Å². The molecule has 0 amide bonds. The van der Waals surface area contributed by atoms with Crippen LogP contribution in [-0.2, 0) is 13.1 Å². The Balaban J connectivity index is 1.84. The third kappa shape index (κ3) is 6.22. The lowest BCUT2D eigenvalue weighted by Gasteiger charge is -2.19. The molecular formula is C21H27N3O. The number of likely N-dealkylation sites (N-methyl/N-ethyl adjacent to an activating group) is 1. The molecule has 25 heavy (non-hydrogen) atoms. The molecule has 2 aromatic carbocycles. The molecule has 2 rings (SSSR count). The molecule has 0 saturated carbocycles. The lowest BCUT2D eigenvalue weighted by molar-refractivity contribution is 0.221. The summed E-state index contributed by atoms with van der Waals surface area (Å²) in [6.45, 7) is 9.60. The minimum atomic E-state index is 0.690. The molecule has 2 aromatic rings. The van der Waals surface area contributed by atoms with Gasteiger partial charge in [-0.3, -0.25) is 0 Å². The first-order valence-corrected chi connectivity index (χ1v) is 8.89. The SMILES string of the molecule is CCN(CC)CCOc1ccccc1CNCc1ccc(C#N)cc1. The van der Waals surface area contributed by atoms with Crippen molar-refractivity contribution in [1.29, 1.82) is 5.26 Å². The predicted octanol–water partition coefficient (Wildman–Crippen LogP) is 3.57. The van der Waals surface area contributed by atoms with Gasteiger partial charge >= 0.3 is 0 Å². The second kappa shape index (κ2) is 10.5. The summed E-state index contributed by atoms with van der Waals surface area (Å²) in [6, 6.07) is 18.0. The van der Waals surface area contributed by atoms with Crippen molar-refractivity contribution in [2.75, 3.05) is 26.2 Å². The smallest absolute Gasteiger partial charge is 0.123 e. The van der Waals surface area contributed by atoms with E-state index < -0.39 is 0 Å². The van der Waals surface area contributed by atoms with Crippen LogP contribution in [0.4, 0.5) is 0 Å².